The van der Waals surface area contributed by atoms with E-state index in [1.807, 2.05) is 6.07 Å². The standard InChI is InChI=1S/C26H20S2/c1-17-13-14-19(16-25(17)28)26(18-7-6-8-20(27)15-18)23-11-4-2-9-21(23)22-10-3-5-12-24(22)26/h2-16,27-28H,1H3. The van der Waals surface area contributed by atoms with Crippen molar-refractivity contribution < 1.29 is 0 Å². The molecular weight excluding hydrogens is 376 g/mol. The SMILES string of the molecule is Cc1ccc(C2(c3cccc(S)c3)c3ccccc3-c3ccccc32)cc1S. The number of thiol groups is 2. The lowest BCUT2D eigenvalue weighted by Gasteiger charge is -2.34. The molecule has 0 unspecified atom stereocenters. The molecule has 0 aliphatic heterocycles. The lowest BCUT2D eigenvalue weighted by atomic mass is 9.67. The van der Waals surface area contributed by atoms with E-state index in [0.717, 1.165) is 9.79 Å². The topological polar surface area (TPSA) is 0 Å². The lowest BCUT2D eigenvalue weighted by Crippen LogP contribution is -2.28. The highest BCUT2D eigenvalue weighted by Gasteiger charge is 2.45. The average molecular weight is 397 g/mol. The molecule has 28 heavy (non-hydrogen) atoms. The zero-order valence-electron chi connectivity index (χ0n) is 15.6. The van der Waals surface area contributed by atoms with Crippen LogP contribution in [0.4, 0.5) is 0 Å². The van der Waals surface area contributed by atoms with Gasteiger partial charge in [-0.1, -0.05) is 72.8 Å². The quantitative estimate of drug-likeness (QED) is 0.297. The third-order valence-electron chi connectivity index (χ3n) is 5.87. The van der Waals surface area contributed by atoms with E-state index in [4.69, 9.17) is 12.6 Å². The van der Waals surface area contributed by atoms with E-state index in [9.17, 15) is 0 Å². The van der Waals surface area contributed by atoms with Gasteiger partial charge in [-0.05, 0) is 64.1 Å². The first-order chi connectivity index (χ1) is 13.6. The van der Waals surface area contributed by atoms with Gasteiger partial charge in [-0.15, -0.1) is 25.3 Å². The number of hydrogen-bond donors (Lipinski definition) is 2. The molecule has 0 heterocycles. The number of rotatable bonds is 2. The summed E-state index contributed by atoms with van der Waals surface area (Å²) in [6.45, 7) is 2.10. The molecule has 0 fully saturated rings. The zero-order valence-corrected chi connectivity index (χ0v) is 17.3. The Hall–Kier alpha value is -2.42. The summed E-state index contributed by atoms with van der Waals surface area (Å²) in [7, 11) is 0. The van der Waals surface area contributed by atoms with Crippen molar-refractivity contribution in [2.75, 3.05) is 0 Å². The molecule has 0 amide bonds. The maximum atomic E-state index is 4.76. The number of aryl methyl sites for hydroxylation is 1. The molecule has 0 N–H and O–H groups in total. The fraction of sp³-hybridized carbons (Fsp3) is 0.0769. The molecule has 136 valence electrons. The van der Waals surface area contributed by atoms with Crippen molar-refractivity contribution in [3.8, 4) is 11.1 Å². The summed E-state index contributed by atoms with van der Waals surface area (Å²) in [6, 6.07) is 32.7. The molecule has 0 saturated heterocycles. The fourth-order valence-corrected chi connectivity index (χ4v) is 5.04. The highest BCUT2D eigenvalue weighted by atomic mass is 32.1. The summed E-state index contributed by atoms with van der Waals surface area (Å²) in [6.07, 6.45) is 0. The Morgan fingerprint density at radius 1 is 0.607 bits per heavy atom. The van der Waals surface area contributed by atoms with Gasteiger partial charge in [0.2, 0.25) is 0 Å². The smallest absolute Gasteiger partial charge is 0.0714 e. The van der Waals surface area contributed by atoms with Crippen LogP contribution >= 0.6 is 25.3 Å². The summed E-state index contributed by atoms with van der Waals surface area (Å²) in [5.74, 6) is 0. The fourth-order valence-electron chi connectivity index (χ4n) is 4.61. The molecular formula is C26H20S2. The van der Waals surface area contributed by atoms with Crippen molar-refractivity contribution in [2.45, 2.75) is 22.1 Å². The van der Waals surface area contributed by atoms with Crippen molar-refractivity contribution in [1.82, 2.24) is 0 Å². The van der Waals surface area contributed by atoms with Crippen LogP contribution in [0.3, 0.4) is 0 Å². The first-order valence-corrected chi connectivity index (χ1v) is 10.3. The molecule has 0 atom stereocenters. The molecule has 1 aliphatic rings. The Morgan fingerprint density at radius 3 is 1.82 bits per heavy atom. The monoisotopic (exact) mass is 396 g/mol. The molecule has 0 bridgehead atoms. The number of hydrogen-bond acceptors (Lipinski definition) is 2. The second-order valence-corrected chi connectivity index (χ2v) is 8.39. The summed E-state index contributed by atoms with van der Waals surface area (Å²) in [5.41, 5.74) is 8.49. The Labute approximate surface area is 177 Å². The maximum Gasteiger partial charge on any atom is 0.0714 e. The van der Waals surface area contributed by atoms with Gasteiger partial charge in [0.25, 0.3) is 0 Å². The molecule has 5 rings (SSSR count). The van der Waals surface area contributed by atoms with Crippen LogP contribution in [-0.2, 0) is 5.41 Å². The van der Waals surface area contributed by atoms with Crippen LogP contribution in [0.25, 0.3) is 11.1 Å². The Morgan fingerprint density at radius 2 is 1.21 bits per heavy atom. The third kappa shape index (κ3) is 2.41. The predicted molar refractivity (Wildman–Crippen MR) is 123 cm³/mol. The lowest BCUT2D eigenvalue weighted by molar-refractivity contribution is 0.761. The molecule has 2 heteroatoms. The van der Waals surface area contributed by atoms with Crippen molar-refractivity contribution in [3.05, 3.63) is 119 Å². The van der Waals surface area contributed by atoms with Crippen LogP contribution < -0.4 is 0 Å². The van der Waals surface area contributed by atoms with E-state index in [1.165, 1.54) is 38.9 Å². The van der Waals surface area contributed by atoms with Gasteiger partial charge in [-0.25, -0.2) is 0 Å². The Bertz CT molecular complexity index is 1160. The van der Waals surface area contributed by atoms with Gasteiger partial charge in [0.1, 0.15) is 0 Å². The van der Waals surface area contributed by atoms with Gasteiger partial charge >= 0.3 is 0 Å². The van der Waals surface area contributed by atoms with Crippen LogP contribution in [0.5, 0.6) is 0 Å². The highest BCUT2D eigenvalue weighted by molar-refractivity contribution is 7.80. The van der Waals surface area contributed by atoms with Gasteiger partial charge in [-0.3, -0.25) is 0 Å². The van der Waals surface area contributed by atoms with Crippen molar-refractivity contribution >= 4 is 25.3 Å². The predicted octanol–water partition coefficient (Wildman–Crippen LogP) is 6.94. The van der Waals surface area contributed by atoms with Crippen LogP contribution in [0.15, 0.2) is 101 Å². The third-order valence-corrected chi connectivity index (χ3v) is 6.63. The van der Waals surface area contributed by atoms with Crippen LogP contribution in [0, 0.1) is 6.92 Å². The molecule has 0 spiro atoms. The second kappa shape index (κ2) is 6.58. The highest BCUT2D eigenvalue weighted by Crippen LogP contribution is 2.56. The van der Waals surface area contributed by atoms with E-state index >= 15 is 0 Å². The molecule has 0 nitrogen and oxygen atoms in total. The zero-order chi connectivity index (χ0) is 19.3. The molecule has 0 radical (unpaired) electrons. The maximum absolute atomic E-state index is 4.76. The minimum Gasteiger partial charge on any atom is -0.143 e. The number of fused-ring (bicyclic) bond motifs is 3. The first-order valence-electron chi connectivity index (χ1n) is 9.41. The average Bonchev–Trinajstić information content (AvgIpc) is 3.02. The van der Waals surface area contributed by atoms with E-state index in [0.29, 0.717) is 0 Å². The van der Waals surface area contributed by atoms with Crippen molar-refractivity contribution in [1.29, 1.82) is 0 Å². The van der Waals surface area contributed by atoms with Gasteiger partial charge < -0.3 is 0 Å². The molecule has 1 aliphatic carbocycles. The first kappa shape index (κ1) is 17.7. The summed E-state index contributed by atoms with van der Waals surface area (Å²) in [5, 5.41) is 0. The molecule has 4 aromatic carbocycles. The van der Waals surface area contributed by atoms with Gasteiger partial charge in [0.15, 0.2) is 0 Å². The Kier molecular flexibility index (Phi) is 4.15. The molecule has 0 aromatic heterocycles. The number of benzene rings is 4. The normalized spacial score (nSPS) is 13.8. The van der Waals surface area contributed by atoms with Crippen molar-refractivity contribution in [3.63, 3.8) is 0 Å². The summed E-state index contributed by atoms with van der Waals surface area (Å²) < 4.78 is 0. The molecule has 4 aromatic rings. The molecule has 0 saturated carbocycles. The Balaban J connectivity index is 1.97. The van der Waals surface area contributed by atoms with Crippen LogP contribution in [0.1, 0.15) is 27.8 Å². The van der Waals surface area contributed by atoms with Crippen LogP contribution in [0.2, 0.25) is 0 Å². The van der Waals surface area contributed by atoms with Crippen molar-refractivity contribution in [2.24, 2.45) is 0 Å². The van der Waals surface area contributed by atoms with Crippen LogP contribution in [-0.4, -0.2) is 0 Å². The minimum atomic E-state index is -0.378. The minimum absolute atomic E-state index is 0.378. The van der Waals surface area contributed by atoms with Gasteiger partial charge in [0, 0.05) is 9.79 Å². The van der Waals surface area contributed by atoms with E-state index in [-0.39, 0.29) is 5.41 Å². The largest absolute Gasteiger partial charge is 0.143 e. The van der Waals surface area contributed by atoms with E-state index in [2.05, 4.69) is 104 Å². The van der Waals surface area contributed by atoms with Gasteiger partial charge in [-0.2, -0.15) is 0 Å². The van der Waals surface area contributed by atoms with E-state index in [1.54, 1.807) is 0 Å². The summed E-state index contributed by atoms with van der Waals surface area (Å²) >= 11 is 9.41. The van der Waals surface area contributed by atoms with Gasteiger partial charge in [0.05, 0.1) is 5.41 Å². The summed E-state index contributed by atoms with van der Waals surface area (Å²) in [4.78, 5) is 1.98. The van der Waals surface area contributed by atoms with E-state index < -0.39 is 0 Å². The second-order valence-electron chi connectivity index (χ2n) is 7.39.